The minimum atomic E-state index is -0.0206. The predicted molar refractivity (Wildman–Crippen MR) is 95.2 cm³/mol. The highest BCUT2D eigenvalue weighted by molar-refractivity contribution is 8.01. The van der Waals surface area contributed by atoms with Crippen LogP contribution >= 0.6 is 11.8 Å². The van der Waals surface area contributed by atoms with Gasteiger partial charge in [0.25, 0.3) is 5.91 Å². The van der Waals surface area contributed by atoms with Crippen molar-refractivity contribution in [3.05, 3.63) is 48.4 Å². The molecule has 2 aromatic heterocycles. The number of hydrogen-bond acceptors (Lipinski definition) is 6. The molecule has 4 heterocycles. The van der Waals surface area contributed by atoms with Crippen molar-refractivity contribution in [3.63, 3.8) is 0 Å². The molecule has 0 saturated carbocycles. The van der Waals surface area contributed by atoms with Crippen LogP contribution in [0.4, 0.5) is 0 Å². The maximum Gasteiger partial charge on any atom is 0.259 e. The summed E-state index contributed by atoms with van der Waals surface area (Å²) in [6.45, 7) is 1.48. The van der Waals surface area contributed by atoms with Crippen LogP contribution in [-0.4, -0.2) is 57.6 Å². The number of hydrogen-bond donors (Lipinski definition) is 0. The fourth-order valence-corrected chi connectivity index (χ4v) is 4.91. The summed E-state index contributed by atoms with van der Waals surface area (Å²) in [6.07, 6.45) is 6.21. The zero-order chi connectivity index (χ0) is 17.3. The van der Waals surface area contributed by atoms with E-state index < -0.39 is 0 Å². The number of pyridine rings is 2. The Kier molecular flexibility index (Phi) is 4.25. The SMILES string of the molecule is COc1ncccc1C(=O)N1CC2(CC(Oc3cccnc3)CS2)C1. The highest BCUT2D eigenvalue weighted by Crippen LogP contribution is 2.46. The molecule has 2 aliphatic heterocycles. The average molecular weight is 357 g/mol. The molecule has 7 heteroatoms. The van der Waals surface area contributed by atoms with E-state index in [-0.39, 0.29) is 16.8 Å². The van der Waals surface area contributed by atoms with E-state index in [1.165, 1.54) is 7.11 Å². The van der Waals surface area contributed by atoms with Gasteiger partial charge in [-0.3, -0.25) is 9.78 Å². The van der Waals surface area contributed by atoms with Crippen molar-refractivity contribution in [3.8, 4) is 11.6 Å². The molecule has 0 aliphatic carbocycles. The van der Waals surface area contributed by atoms with E-state index in [1.54, 1.807) is 30.7 Å². The van der Waals surface area contributed by atoms with Crippen LogP contribution in [0.15, 0.2) is 42.9 Å². The standard InChI is InChI=1S/C18H19N3O3S/c1-23-16-15(5-3-7-20-16)17(22)21-11-18(12-21)8-14(10-25-18)24-13-4-2-6-19-9-13/h2-7,9,14H,8,10-12H2,1H3. The molecule has 2 fully saturated rings. The molecule has 1 spiro atoms. The van der Waals surface area contributed by atoms with E-state index in [4.69, 9.17) is 9.47 Å². The van der Waals surface area contributed by atoms with Gasteiger partial charge in [-0.25, -0.2) is 4.98 Å². The first-order valence-corrected chi connectivity index (χ1v) is 9.17. The third kappa shape index (κ3) is 3.16. The maximum atomic E-state index is 12.7. The first kappa shape index (κ1) is 16.2. The third-order valence-electron chi connectivity index (χ3n) is 4.55. The van der Waals surface area contributed by atoms with Crippen LogP contribution in [0.1, 0.15) is 16.8 Å². The molecule has 1 unspecified atom stereocenters. The van der Waals surface area contributed by atoms with Crippen molar-refractivity contribution in [2.45, 2.75) is 17.3 Å². The lowest BCUT2D eigenvalue weighted by Gasteiger charge is -2.47. The second-order valence-corrected chi connectivity index (χ2v) is 7.84. The number of rotatable bonds is 4. The Morgan fingerprint density at radius 2 is 2.16 bits per heavy atom. The molecule has 0 N–H and O–H groups in total. The van der Waals surface area contributed by atoms with E-state index in [9.17, 15) is 4.79 Å². The van der Waals surface area contributed by atoms with Gasteiger partial charge in [-0.2, -0.15) is 0 Å². The smallest absolute Gasteiger partial charge is 0.259 e. The van der Waals surface area contributed by atoms with Gasteiger partial charge < -0.3 is 14.4 Å². The molecular formula is C18H19N3O3S. The van der Waals surface area contributed by atoms with Gasteiger partial charge in [0.2, 0.25) is 5.88 Å². The number of ether oxygens (including phenoxy) is 2. The minimum Gasteiger partial charge on any atom is -0.488 e. The molecule has 0 aromatic carbocycles. The maximum absolute atomic E-state index is 12.7. The molecule has 0 radical (unpaired) electrons. The molecule has 2 aliphatic rings. The Hall–Kier alpha value is -2.28. The van der Waals surface area contributed by atoms with Crippen LogP contribution in [0.2, 0.25) is 0 Å². The predicted octanol–water partition coefficient (Wildman–Crippen LogP) is 2.26. The summed E-state index contributed by atoms with van der Waals surface area (Å²) >= 11 is 1.90. The van der Waals surface area contributed by atoms with Gasteiger partial charge in [0.1, 0.15) is 17.4 Å². The third-order valence-corrected chi connectivity index (χ3v) is 6.13. The topological polar surface area (TPSA) is 64.5 Å². The summed E-state index contributed by atoms with van der Waals surface area (Å²) in [7, 11) is 1.53. The number of thioether (sulfide) groups is 1. The molecule has 6 nitrogen and oxygen atoms in total. The Balaban J connectivity index is 1.36. The van der Waals surface area contributed by atoms with E-state index in [0.29, 0.717) is 11.4 Å². The number of carbonyl (C=O) groups excluding carboxylic acids is 1. The molecule has 4 rings (SSSR count). The molecule has 2 aromatic rings. The lowest BCUT2D eigenvalue weighted by Crippen LogP contribution is -2.60. The largest absolute Gasteiger partial charge is 0.488 e. The summed E-state index contributed by atoms with van der Waals surface area (Å²) in [5.74, 6) is 2.10. The quantitative estimate of drug-likeness (QED) is 0.836. The van der Waals surface area contributed by atoms with Gasteiger partial charge in [0, 0.05) is 37.7 Å². The highest BCUT2D eigenvalue weighted by atomic mass is 32.2. The molecule has 1 amide bonds. The average Bonchev–Trinajstić information content (AvgIpc) is 3.05. The van der Waals surface area contributed by atoms with Gasteiger partial charge in [0.05, 0.1) is 18.1 Å². The lowest BCUT2D eigenvalue weighted by molar-refractivity contribution is 0.0514. The zero-order valence-electron chi connectivity index (χ0n) is 13.9. The number of nitrogens with zero attached hydrogens (tertiary/aromatic N) is 3. The van der Waals surface area contributed by atoms with Crippen molar-refractivity contribution in [1.82, 2.24) is 14.9 Å². The van der Waals surface area contributed by atoms with Gasteiger partial charge in [-0.15, -0.1) is 11.8 Å². The van der Waals surface area contributed by atoms with E-state index in [2.05, 4.69) is 9.97 Å². The van der Waals surface area contributed by atoms with Crippen LogP contribution in [0.5, 0.6) is 11.6 Å². The summed E-state index contributed by atoms with van der Waals surface area (Å²) in [4.78, 5) is 22.7. The molecule has 25 heavy (non-hydrogen) atoms. The van der Waals surface area contributed by atoms with Crippen molar-refractivity contribution in [2.75, 3.05) is 26.0 Å². The first-order chi connectivity index (χ1) is 12.2. The second-order valence-electron chi connectivity index (χ2n) is 6.35. The highest BCUT2D eigenvalue weighted by Gasteiger charge is 2.51. The van der Waals surface area contributed by atoms with Crippen molar-refractivity contribution < 1.29 is 14.3 Å². The molecular weight excluding hydrogens is 338 g/mol. The Labute approximate surface area is 150 Å². The van der Waals surface area contributed by atoms with Gasteiger partial charge >= 0.3 is 0 Å². The number of aromatic nitrogens is 2. The fraction of sp³-hybridized carbons (Fsp3) is 0.389. The lowest BCUT2D eigenvalue weighted by atomic mass is 9.92. The summed E-state index contributed by atoms with van der Waals surface area (Å²) in [5, 5.41) is 0. The van der Waals surface area contributed by atoms with Gasteiger partial charge in [0.15, 0.2) is 0 Å². The molecule has 1 atom stereocenters. The summed E-state index contributed by atoms with van der Waals surface area (Å²) in [6, 6.07) is 7.31. The summed E-state index contributed by atoms with van der Waals surface area (Å²) < 4.78 is 11.3. The Morgan fingerprint density at radius 1 is 1.32 bits per heavy atom. The monoisotopic (exact) mass is 357 g/mol. The fourth-order valence-electron chi connectivity index (χ4n) is 3.39. The van der Waals surface area contributed by atoms with Crippen LogP contribution in [0.3, 0.4) is 0 Å². The van der Waals surface area contributed by atoms with E-state index >= 15 is 0 Å². The first-order valence-electron chi connectivity index (χ1n) is 8.18. The molecule has 2 saturated heterocycles. The van der Waals surface area contributed by atoms with Crippen molar-refractivity contribution in [1.29, 1.82) is 0 Å². The minimum absolute atomic E-state index is 0.0206. The number of methoxy groups -OCH3 is 1. The van der Waals surface area contributed by atoms with Gasteiger partial charge in [-0.05, 0) is 24.3 Å². The van der Waals surface area contributed by atoms with E-state index in [1.807, 2.05) is 28.8 Å². The molecule has 0 bridgehead atoms. The summed E-state index contributed by atoms with van der Waals surface area (Å²) in [5.41, 5.74) is 0.519. The van der Waals surface area contributed by atoms with E-state index in [0.717, 1.165) is 31.0 Å². The molecule has 130 valence electrons. The van der Waals surface area contributed by atoms with Crippen molar-refractivity contribution >= 4 is 17.7 Å². The zero-order valence-corrected chi connectivity index (χ0v) is 14.7. The van der Waals surface area contributed by atoms with Crippen LogP contribution in [0.25, 0.3) is 0 Å². The number of carbonyl (C=O) groups is 1. The number of amides is 1. The van der Waals surface area contributed by atoms with Gasteiger partial charge in [-0.1, -0.05) is 0 Å². The van der Waals surface area contributed by atoms with Crippen molar-refractivity contribution in [2.24, 2.45) is 0 Å². The number of likely N-dealkylation sites (tertiary alicyclic amines) is 1. The Morgan fingerprint density at radius 3 is 2.92 bits per heavy atom. The van der Waals surface area contributed by atoms with Crippen LogP contribution in [0, 0.1) is 0 Å². The second kappa shape index (κ2) is 6.55. The normalized spacial score (nSPS) is 21.0. The van der Waals surface area contributed by atoms with Crippen LogP contribution < -0.4 is 9.47 Å². The van der Waals surface area contributed by atoms with Crippen LogP contribution in [-0.2, 0) is 0 Å². The Bertz CT molecular complexity index is 765.